The smallest absolute Gasteiger partial charge is 0.452 e. The van der Waals surface area contributed by atoms with Crippen molar-refractivity contribution < 1.29 is 18.8 Å². The molecular formula is C19H36N2O4Si. The third-order valence-electron chi connectivity index (χ3n) is 5.19. The molecule has 1 aliphatic carbocycles. The lowest BCUT2D eigenvalue weighted by atomic mass is 10.2. The molecule has 0 aromatic carbocycles. The van der Waals surface area contributed by atoms with Gasteiger partial charge in [0.2, 0.25) is 0 Å². The second kappa shape index (κ2) is 7.78. The fraction of sp³-hybridized carbons (Fsp3) is 0.895. The van der Waals surface area contributed by atoms with E-state index in [1.807, 2.05) is 0 Å². The van der Waals surface area contributed by atoms with Crippen LogP contribution in [0.3, 0.4) is 0 Å². The second-order valence-electron chi connectivity index (χ2n) is 10.3. The predicted molar refractivity (Wildman–Crippen MR) is 105 cm³/mol. The summed E-state index contributed by atoms with van der Waals surface area (Å²) < 4.78 is 11.3. The number of nitrogens with zero attached hydrogens (tertiary/aromatic N) is 2. The molecule has 0 saturated heterocycles. The van der Waals surface area contributed by atoms with Crippen LogP contribution in [-0.4, -0.2) is 26.6 Å². The van der Waals surface area contributed by atoms with E-state index in [4.69, 9.17) is 9.16 Å². The second-order valence-corrected chi connectivity index (χ2v) is 16.4. The van der Waals surface area contributed by atoms with Crippen molar-refractivity contribution in [1.82, 2.24) is 0 Å². The Kier molecular flexibility index (Phi) is 6.82. The van der Waals surface area contributed by atoms with E-state index in [-0.39, 0.29) is 21.2 Å². The third kappa shape index (κ3) is 4.93. The lowest BCUT2D eigenvalue weighted by Gasteiger charge is -2.56. The van der Waals surface area contributed by atoms with Crippen molar-refractivity contribution >= 4 is 20.5 Å². The first kappa shape index (κ1) is 22.8. The van der Waals surface area contributed by atoms with Gasteiger partial charge in [0.15, 0.2) is 0 Å². The van der Waals surface area contributed by atoms with Crippen LogP contribution in [0.25, 0.3) is 0 Å². The Morgan fingerprint density at radius 3 is 1.54 bits per heavy atom. The van der Waals surface area contributed by atoms with Gasteiger partial charge in [-0.2, -0.15) is 0 Å². The predicted octanol–water partition coefficient (Wildman–Crippen LogP) is 7.00. The van der Waals surface area contributed by atoms with E-state index in [9.17, 15) is 9.59 Å². The Morgan fingerprint density at radius 2 is 1.15 bits per heavy atom. The van der Waals surface area contributed by atoms with Crippen LogP contribution in [-0.2, 0) is 9.16 Å². The molecule has 0 radical (unpaired) electrons. The summed E-state index contributed by atoms with van der Waals surface area (Å²) in [6, 6.07) is 0. The molecular weight excluding hydrogens is 348 g/mol. The molecule has 150 valence electrons. The summed E-state index contributed by atoms with van der Waals surface area (Å²) in [7, 11) is -2.73. The zero-order valence-corrected chi connectivity index (χ0v) is 18.9. The fourth-order valence-electron chi connectivity index (χ4n) is 5.24. The highest BCUT2D eigenvalue weighted by Crippen LogP contribution is 2.62. The molecule has 0 unspecified atom stereocenters. The van der Waals surface area contributed by atoms with Crippen LogP contribution < -0.4 is 0 Å². The van der Waals surface area contributed by atoms with Crippen LogP contribution in [0.1, 0.15) is 88.0 Å². The van der Waals surface area contributed by atoms with Gasteiger partial charge in [-0.05, 0) is 40.8 Å². The van der Waals surface area contributed by atoms with E-state index in [0.29, 0.717) is 0 Å². The maximum atomic E-state index is 12.5. The number of hydrogen-bond acceptors (Lipinski definition) is 4. The zero-order valence-electron chi connectivity index (χ0n) is 17.9. The molecule has 7 heteroatoms. The van der Waals surface area contributed by atoms with Gasteiger partial charge < -0.3 is 9.16 Å². The van der Waals surface area contributed by atoms with Gasteiger partial charge in [0.25, 0.3) is 8.32 Å². The molecule has 1 aliphatic rings. The monoisotopic (exact) mass is 384 g/mol. The summed E-state index contributed by atoms with van der Waals surface area (Å²) in [4.78, 5) is 24.3. The van der Waals surface area contributed by atoms with Crippen LogP contribution in [0.4, 0.5) is 9.59 Å². The van der Waals surface area contributed by atoms with Crippen molar-refractivity contribution in [3.8, 4) is 0 Å². The molecule has 1 fully saturated rings. The normalized spacial score (nSPS) is 17.6. The van der Waals surface area contributed by atoms with Crippen LogP contribution in [0.15, 0.2) is 10.2 Å². The number of carbonyl (C=O) groups excluding carboxylic acids is 2. The molecule has 1 rings (SSSR count). The number of amides is 2. The van der Waals surface area contributed by atoms with Gasteiger partial charge in [-0.15, -0.1) is 0 Å². The van der Waals surface area contributed by atoms with Crippen LogP contribution in [0, 0.1) is 0 Å². The summed E-state index contributed by atoms with van der Waals surface area (Å²) >= 11 is 0. The van der Waals surface area contributed by atoms with Crippen molar-refractivity contribution in [2.24, 2.45) is 10.2 Å². The molecule has 26 heavy (non-hydrogen) atoms. The van der Waals surface area contributed by atoms with Crippen LogP contribution >= 0.6 is 0 Å². The van der Waals surface area contributed by atoms with Crippen molar-refractivity contribution in [3.05, 3.63) is 0 Å². The Hall–Kier alpha value is -1.24. The summed E-state index contributed by atoms with van der Waals surface area (Å²) in [6.45, 7) is 19.0. The number of ether oxygens (including phenoxy) is 1. The Balaban J connectivity index is 2.99. The highest BCUT2D eigenvalue weighted by molar-refractivity contribution is 6.83. The van der Waals surface area contributed by atoms with E-state index >= 15 is 0 Å². The molecule has 0 bridgehead atoms. The zero-order chi connectivity index (χ0) is 20.4. The molecule has 0 aromatic heterocycles. The first-order chi connectivity index (χ1) is 11.6. The maximum absolute atomic E-state index is 12.5. The Morgan fingerprint density at radius 1 is 0.769 bits per heavy atom. The van der Waals surface area contributed by atoms with E-state index in [0.717, 1.165) is 25.7 Å². The minimum absolute atomic E-state index is 0.107. The van der Waals surface area contributed by atoms with E-state index in [1.54, 1.807) is 0 Å². The molecule has 0 aliphatic heterocycles. The van der Waals surface area contributed by atoms with E-state index < -0.39 is 20.5 Å². The van der Waals surface area contributed by atoms with Crippen molar-refractivity contribution in [2.75, 3.05) is 0 Å². The van der Waals surface area contributed by atoms with Gasteiger partial charge in [0.05, 0.1) is 0 Å². The lowest BCUT2D eigenvalue weighted by molar-refractivity contribution is 0.108. The highest BCUT2D eigenvalue weighted by Gasteiger charge is 2.64. The van der Waals surface area contributed by atoms with Crippen LogP contribution in [0.5, 0.6) is 0 Å². The van der Waals surface area contributed by atoms with Gasteiger partial charge in [0.1, 0.15) is 6.10 Å². The molecule has 2 amide bonds. The first-order valence-electron chi connectivity index (χ1n) is 9.47. The molecule has 0 heterocycles. The highest BCUT2D eigenvalue weighted by atomic mass is 28.4. The molecule has 0 N–H and O–H groups in total. The number of carbonyl (C=O) groups is 2. The minimum atomic E-state index is -2.73. The van der Waals surface area contributed by atoms with Crippen molar-refractivity contribution in [2.45, 2.75) is 109 Å². The van der Waals surface area contributed by atoms with Crippen molar-refractivity contribution in [1.29, 1.82) is 0 Å². The third-order valence-corrected chi connectivity index (χ3v) is 12.0. The first-order valence-corrected chi connectivity index (χ1v) is 11.4. The average Bonchev–Trinajstić information content (AvgIpc) is 2.91. The Labute approximate surface area is 159 Å². The van der Waals surface area contributed by atoms with E-state index in [1.165, 1.54) is 0 Å². The summed E-state index contributed by atoms with van der Waals surface area (Å²) in [5.41, 5.74) is 0. The SMILES string of the molecule is CC(C)(C)[Si](OC(=O)/N=N/C(=O)OC1CCCC1)(C(C)(C)C)C(C)(C)C. The molecule has 1 saturated carbocycles. The average molecular weight is 385 g/mol. The lowest BCUT2D eigenvalue weighted by Crippen LogP contribution is -2.61. The van der Waals surface area contributed by atoms with Gasteiger partial charge in [-0.1, -0.05) is 72.5 Å². The fourth-order valence-corrected chi connectivity index (χ4v) is 13.2. The molecule has 0 spiro atoms. The van der Waals surface area contributed by atoms with Gasteiger partial charge in [-0.3, -0.25) is 0 Å². The molecule has 0 aromatic rings. The van der Waals surface area contributed by atoms with Crippen LogP contribution in [0.2, 0.25) is 15.1 Å². The van der Waals surface area contributed by atoms with E-state index in [2.05, 4.69) is 72.5 Å². The minimum Gasteiger partial charge on any atom is -0.499 e. The largest absolute Gasteiger partial charge is 0.499 e. The topological polar surface area (TPSA) is 77.3 Å². The van der Waals surface area contributed by atoms with Gasteiger partial charge in [-0.25, -0.2) is 9.59 Å². The molecule has 6 nitrogen and oxygen atoms in total. The quantitative estimate of drug-likeness (QED) is 0.379. The van der Waals surface area contributed by atoms with Gasteiger partial charge >= 0.3 is 12.2 Å². The number of rotatable bonds is 2. The maximum Gasteiger partial charge on any atom is 0.452 e. The van der Waals surface area contributed by atoms with Gasteiger partial charge in [0, 0.05) is 0 Å². The molecule has 0 atom stereocenters. The van der Waals surface area contributed by atoms with Crippen molar-refractivity contribution in [3.63, 3.8) is 0 Å². The summed E-state index contributed by atoms with van der Waals surface area (Å²) in [5, 5.41) is 6.28. The standard InChI is InChI=1S/C19H36N2O4Si/c1-17(2,3)26(18(4,5)6,19(7,8)9)25-16(23)21-20-15(22)24-14-12-10-11-13-14/h14H,10-13H2,1-9H3/b21-20+. The Bertz CT molecular complexity index is 511. The summed E-state index contributed by atoms with van der Waals surface area (Å²) in [6.07, 6.45) is 2.06. The summed E-state index contributed by atoms with van der Waals surface area (Å²) in [5.74, 6) is 0. The number of azo groups is 1. The number of hydrogen-bond donors (Lipinski definition) is 0.